The van der Waals surface area contributed by atoms with E-state index in [9.17, 15) is 18.5 Å². The summed E-state index contributed by atoms with van der Waals surface area (Å²) in [5, 5.41) is 20.1. The van der Waals surface area contributed by atoms with Gasteiger partial charge in [-0.05, 0) is 37.1 Å². The fourth-order valence-corrected chi connectivity index (χ4v) is 4.74. The molecule has 28 heavy (non-hydrogen) atoms. The van der Waals surface area contributed by atoms with Crippen molar-refractivity contribution in [3.8, 4) is 6.07 Å². The second-order valence-electron chi connectivity index (χ2n) is 6.27. The van der Waals surface area contributed by atoms with Crippen LogP contribution in [0.1, 0.15) is 18.4 Å². The average molecular weight is 422 g/mol. The highest BCUT2D eigenvalue weighted by atomic mass is 35.5. The standard InChI is InChI=1S/C17H16ClN5O4S/c18-13-2-3-15(23(24)25)16(9-13)28(26,27)21-14-5-7-22(8-6-14)17-4-1-12(10-19)11-20-17/h1-4,9,11,14,21H,5-8H2. The Kier molecular flexibility index (Phi) is 5.79. The fraction of sp³-hybridized carbons (Fsp3) is 0.294. The lowest BCUT2D eigenvalue weighted by Crippen LogP contribution is -2.45. The molecule has 1 N–H and O–H groups in total. The summed E-state index contributed by atoms with van der Waals surface area (Å²) in [6.45, 7) is 1.12. The molecule has 0 amide bonds. The molecule has 146 valence electrons. The molecule has 0 spiro atoms. The number of hydrogen-bond donors (Lipinski definition) is 1. The van der Waals surface area contributed by atoms with Crippen molar-refractivity contribution in [2.75, 3.05) is 18.0 Å². The second-order valence-corrected chi connectivity index (χ2v) is 8.39. The van der Waals surface area contributed by atoms with Gasteiger partial charge in [0.25, 0.3) is 5.69 Å². The van der Waals surface area contributed by atoms with E-state index in [-0.39, 0.29) is 11.1 Å². The number of rotatable bonds is 5. The molecule has 0 unspecified atom stereocenters. The molecule has 2 aromatic rings. The number of hydrogen-bond acceptors (Lipinski definition) is 7. The first-order valence-electron chi connectivity index (χ1n) is 8.37. The molecule has 0 atom stereocenters. The molecule has 9 nitrogen and oxygen atoms in total. The Morgan fingerprint density at radius 1 is 1.29 bits per heavy atom. The molecule has 2 heterocycles. The molecule has 1 aromatic carbocycles. The zero-order chi connectivity index (χ0) is 20.3. The summed E-state index contributed by atoms with van der Waals surface area (Å²) in [5.41, 5.74) is -0.0503. The molecule has 3 rings (SSSR count). The van der Waals surface area contributed by atoms with Gasteiger partial charge in [0.05, 0.1) is 10.5 Å². The number of nitro benzene ring substituents is 1. The van der Waals surface area contributed by atoms with Crippen molar-refractivity contribution in [2.45, 2.75) is 23.8 Å². The van der Waals surface area contributed by atoms with E-state index in [4.69, 9.17) is 16.9 Å². The number of sulfonamides is 1. The number of nitrogens with zero attached hydrogens (tertiary/aromatic N) is 4. The first kappa shape index (κ1) is 20.0. The van der Waals surface area contributed by atoms with Crippen LogP contribution in [-0.2, 0) is 10.0 Å². The summed E-state index contributed by atoms with van der Waals surface area (Å²) in [6, 6.07) is 8.51. The van der Waals surface area contributed by atoms with Gasteiger partial charge in [-0.15, -0.1) is 0 Å². The number of halogens is 1. The molecule has 11 heteroatoms. The predicted octanol–water partition coefficient (Wildman–Crippen LogP) is 2.46. The van der Waals surface area contributed by atoms with E-state index < -0.39 is 25.5 Å². The SMILES string of the molecule is N#Cc1ccc(N2CCC(NS(=O)(=O)c3cc(Cl)ccc3[N+](=O)[O-])CC2)nc1. The molecule has 1 aromatic heterocycles. The van der Waals surface area contributed by atoms with E-state index in [1.54, 1.807) is 12.1 Å². The van der Waals surface area contributed by atoms with Gasteiger partial charge < -0.3 is 4.90 Å². The second kappa shape index (κ2) is 8.10. The van der Waals surface area contributed by atoms with Crippen molar-refractivity contribution in [1.29, 1.82) is 5.26 Å². The van der Waals surface area contributed by atoms with Crippen LogP contribution in [0, 0.1) is 21.4 Å². The Hall–Kier alpha value is -2.74. The molecule has 0 aliphatic carbocycles. The quantitative estimate of drug-likeness (QED) is 0.579. The van der Waals surface area contributed by atoms with Crippen LogP contribution in [-0.4, -0.2) is 37.5 Å². The van der Waals surface area contributed by atoms with E-state index >= 15 is 0 Å². The summed E-state index contributed by atoms with van der Waals surface area (Å²) in [5.74, 6) is 0.714. The van der Waals surface area contributed by atoms with Crippen LogP contribution in [0.4, 0.5) is 11.5 Å². The van der Waals surface area contributed by atoms with Gasteiger partial charge in [0, 0.05) is 36.4 Å². The van der Waals surface area contributed by atoms with Gasteiger partial charge in [-0.3, -0.25) is 10.1 Å². The van der Waals surface area contributed by atoms with Gasteiger partial charge in [0.2, 0.25) is 10.0 Å². The summed E-state index contributed by atoms with van der Waals surface area (Å²) >= 11 is 5.83. The maximum atomic E-state index is 12.7. The molecule has 0 radical (unpaired) electrons. The zero-order valence-electron chi connectivity index (χ0n) is 14.6. The third kappa shape index (κ3) is 4.39. The molecule has 0 saturated carbocycles. The third-order valence-electron chi connectivity index (χ3n) is 4.43. The Bertz CT molecular complexity index is 1030. The largest absolute Gasteiger partial charge is 0.357 e. The summed E-state index contributed by atoms with van der Waals surface area (Å²) in [6.07, 6.45) is 2.51. The molecule has 1 aliphatic rings. The summed E-state index contributed by atoms with van der Waals surface area (Å²) < 4.78 is 27.9. The van der Waals surface area contributed by atoms with E-state index in [2.05, 4.69) is 9.71 Å². The maximum Gasteiger partial charge on any atom is 0.289 e. The smallest absolute Gasteiger partial charge is 0.289 e. The van der Waals surface area contributed by atoms with Crippen LogP contribution in [0.15, 0.2) is 41.4 Å². The number of nitrogens with one attached hydrogen (secondary N) is 1. The lowest BCUT2D eigenvalue weighted by molar-refractivity contribution is -0.387. The van der Waals surface area contributed by atoms with Gasteiger partial charge >= 0.3 is 0 Å². The predicted molar refractivity (Wildman–Crippen MR) is 103 cm³/mol. The van der Waals surface area contributed by atoms with Gasteiger partial charge in [-0.25, -0.2) is 18.1 Å². The molecule has 1 aliphatic heterocycles. The summed E-state index contributed by atoms with van der Waals surface area (Å²) in [4.78, 5) is 16.2. The minimum atomic E-state index is -4.10. The lowest BCUT2D eigenvalue weighted by atomic mass is 10.1. The lowest BCUT2D eigenvalue weighted by Gasteiger charge is -2.33. The zero-order valence-corrected chi connectivity index (χ0v) is 16.2. The fourth-order valence-electron chi connectivity index (χ4n) is 3.00. The Morgan fingerprint density at radius 3 is 2.57 bits per heavy atom. The number of nitriles is 1. The number of anilines is 1. The molecular formula is C17H16ClN5O4S. The monoisotopic (exact) mass is 421 g/mol. The number of aromatic nitrogens is 1. The Labute approximate surface area is 166 Å². The number of piperidine rings is 1. The van der Waals surface area contributed by atoms with Crippen LogP contribution < -0.4 is 9.62 Å². The number of pyridine rings is 1. The summed E-state index contributed by atoms with van der Waals surface area (Å²) in [7, 11) is -4.10. The molecule has 1 saturated heterocycles. The van der Waals surface area contributed by atoms with Crippen LogP contribution in [0.25, 0.3) is 0 Å². The third-order valence-corrected chi connectivity index (χ3v) is 6.21. The minimum Gasteiger partial charge on any atom is -0.357 e. The average Bonchev–Trinajstić information content (AvgIpc) is 2.68. The van der Waals surface area contributed by atoms with Crippen LogP contribution in [0.5, 0.6) is 0 Å². The topological polar surface area (TPSA) is 129 Å². The molecule has 1 fully saturated rings. The normalized spacial score (nSPS) is 15.2. The highest BCUT2D eigenvalue weighted by Gasteiger charge is 2.30. The number of nitro groups is 1. The van der Waals surface area contributed by atoms with Crippen LogP contribution >= 0.6 is 11.6 Å². The first-order valence-corrected chi connectivity index (χ1v) is 10.2. The van der Waals surface area contributed by atoms with E-state index in [0.29, 0.717) is 37.3 Å². The van der Waals surface area contributed by atoms with E-state index in [0.717, 1.165) is 12.1 Å². The number of benzene rings is 1. The molecular weight excluding hydrogens is 406 g/mol. The van der Waals surface area contributed by atoms with Crippen molar-refractivity contribution >= 4 is 33.1 Å². The highest BCUT2D eigenvalue weighted by molar-refractivity contribution is 7.89. The van der Waals surface area contributed by atoms with E-state index in [1.165, 1.54) is 12.3 Å². The highest BCUT2D eigenvalue weighted by Crippen LogP contribution is 2.28. The minimum absolute atomic E-state index is 0.104. The van der Waals surface area contributed by atoms with Gasteiger partial charge in [0.15, 0.2) is 4.90 Å². The van der Waals surface area contributed by atoms with Crippen molar-refractivity contribution in [3.63, 3.8) is 0 Å². The van der Waals surface area contributed by atoms with Crippen molar-refractivity contribution < 1.29 is 13.3 Å². The van der Waals surface area contributed by atoms with Gasteiger partial charge in [-0.1, -0.05) is 11.6 Å². The van der Waals surface area contributed by atoms with Crippen LogP contribution in [0.3, 0.4) is 0 Å². The Balaban J connectivity index is 1.69. The van der Waals surface area contributed by atoms with Gasteiger partial charge in [-0.2, -0.15) is 5.26 Å². The molecule has 0 bridgehead atoms. The van der Waals surface area contributed by atoms with E-state index in [1.807, 2.05) is 11.0 Å². The maximum absolute atomic E-state index is 12.7. The van der Waals surface area contributed by atoms with Crippen molar-refractivity contribution in [3.05, 3.63) is 57.2 Å². The first-order chi connectivity index (χ1) is 13.3. The van der Waals surface area contributed by atoms with Gasteiger partial charge in [0.1, 0.15) is 11.9 Å². The van der Waals surface area contributed by atoms with Crippen molar-refractivity contribution in [2.24, 2.45) is 0 Å². The van der Waals surface area contributed by atoms with Crippen LogP contribution in [0.2, 0.25) is 5.02 Å². The van der Waals surface area contributed by atoms with Crippen molar-refractivity contribution in [1.82, 2.24) is 9.71 Å². The Morgan fingerprint density at radius 2 is 2.00 bits per heavy atom.